The Bertz CT molecular complexity index is 386. The van der Waals surface area contributed by atoms with E-state index in [2.05, 4.69) is 4.98 Å². The molecule has 0 saturated heterocycles. The summed E-state index contributed by atoms with van der Waals surface area (Å²) in [4.78, 5) is 12.9. The van der Waals surface area contributed by atoms with Crippen LogP contribution in [0.15, 0.2) is 0 Å². The molecule has 3 N–H and O–H groups in total. The smallest absolute Gasteiger partial charge is 0.435 e. The predicted molar refractivity (Wildman–Crippen MR) is 46.7 cm³/mol. The summed E-state index contributed by atoms with van der Waals surface area (Å²) in [6, 6.07) is -0.718. The summed E-state index contributed by atoms with van der Waals surface area (Å²) in [6.07, 6.45) is -4.77. The van der Waals surface area contributed by atoms with E-state index in [0.717, 1.165) is 0 Å². The van der Waals surface area contributed by atoms with Gasteiger partial charge in [0.1, 0.15) is 9.88 Å². The molecule has 84 valence electrons. The zero-order valence-electron chi connectivity index (χ0n) is 7.50. The fraction of sp³-hybridized carbons (Fsp3) is 0.429. The molecule has 1 unspecified atom stereocenters. The van der Waals surface area contributed by atoms with Gasteiger partial charge in [0.15, 0.2) is 5.69 Å². The van der Waals surface area contributed by atoms with Crippen LogP contribution in [0.2, 0.25) is 0 Å². The van der Waals surface area contributed by atoms with E-state index in [1.54, 1.807) is 0 Å². The van der Waals surface area contributed by atoms with E-state index < -0.39 is 28.8 Å². The minimum atomic E-state index is -4.77. The molecular weight excluding hydrogens is 233 g/mol. The Kier molecular flexibility index (Phi) is 3.00. The molecular formula is C7H7F3N2O2S. The van der Waals surface area contributed by atoms with Crippen LogP contribution in [-0.2, 0) is 6.18 Å². The van der Waals surface area contributed by atoms with Gasteiger partial charge >= 0.3 is 12.1 Å². The van der Waals surface area contributed by atoms with Gasteiger partial charge in [-0.15, -0.1) is 11.3 Å². The molecule has 0 aliphatic rings. The predicted octanol–water partition coefficient (Wildman–Crippen LogP) is 1.88. The number of halogens is 3. The second-order valence-corrected chi connectivity index (χ2v) is 3.85. The van der Waals surface area contributed by atoms with Gasteiger partial charge < -0.3 is 10.8 Å². The Morgan fingerprint density at radius 2 is 2.13 bits per heavy atom. The van der Waals surface area contributed by atoms with Crippen LogP contribution >= 0.6 is 11.3 Å². The Labute approximate surface area is 86.5 Å². The third kappa shape index (κ3) is 2.45. The molecule has 1 heterocycles. The molecule has 4 nitrogen and oxygen atoms in total. The minimum Gasteiger partial charge on any atom is -0.477 e. The Morgan fingerprint density at radius 1 is 1.60 bits per heavy atom. The van der Waals surface area contributed by atoms with Gasteiger partial charge in [0, 0.05) is 0 Å². The highest BCUT2D eigenvalue weighted by molar-refractivity contribution is 7.13. The van der Waals surface area contributed by atoms with E-state index in [9.17, 15) is 18.0 Å². The normalized spacial score (nSPS) is 13.9. The number of rotatable bonds is 2. The molecule has 8 heteroatoms. The molecule has 15 heavy (non-hydrogen) atoms. The van der Waals surface area contributed by atoms with Crippen LogP contribution in [0, 0.1) is 0 Å². The van der Waals surface area contributed by atoms with Crippen LogP contribution < -0.4 is 5.73 Å². The number of aromatic carboxylic acids is 1. The lowest BCUT2D eigenvalue weighted by molar-refractivity contribution is -0.141. The van der Waals surface area contributed by atoms with E-state index >= 15 is 0 Å². The summed E-state index contributed by atoms with van der Waals surface area (Å²) < 4.78 is 37.0. The summed E-state index contributed by atoms with van der Waals surface area (Å²) in [6.45, 7) is 1.44. The zero-order chi connectivity index (χ0) is 11.8. The molecule has 1 aromatic rings. The Morgan fingerprint density at radius 3 is 2.40 bits per heavy atom. The molecule has 1 aromatic heterocycles. The first-order valence-corrected chi connectivity index (χ1v) is 4.62. The highest BCUT2D eigenvalue weighted by atomic mass is 32.1. The van der Waals surface area contributed by atoms with Gasteiger partial charge in [-0.25, -0.2) is 9.78 Å². The summed E-state index contributed by atoms with van der Waals surface area (Å²) in [7, 11) is 0. The molecule has 0 aliphatic carbocycles. The summed E-state index contributed by atoms with van der Waals surface area (Å²) in [5.74, 6) is -1.65. The monoisotopic (exact) mass is 240 g/mol. The van der Waals surface area contributed by atoms with Crippen molar-refractivity contribution >= 4 is 17.3 Å². The van der Waals surface area contributed by atoms with Crippen molar-refractivity contribution in [2.75, 3.05) is 0 Å². The quantitative estimate of drug-likeness (QED) is 0.827. The number of aromatic nitrogens is 1. The lowest BCUT2D eigenvalue weighted by atomic mass is 10.3. The molecule has 0 amide bonds. The molecule has 1 rings (SSSR count). The topological polar surface area (TPSA) is 76.2 Å². The zero-order valence-corrected chi connectivity index (χ0v) is 8.32. The average Bonchev–Trinajstić information content (AvgIpc) is 2.45. The highest BCUT2D eigenvalue weighted by Crippen LogP contribution is 2.35. The van der Waals surface area contributed by atoms with E-state index in [4.69, 9.17) is 10.8 Å². The van der Waals surface area contributed by atoms with Gasteiger partial charge in [0.25, 0.3) is 0 Å². The number of nitrogens with two attached hydrogens (primary N) is 1. The second-order valence-electron chi connectivity index (χ2n) is 2.82. The van der Waals surface area contributed by atoms with Gasteiger partial charge in [-0.1, -0.05) is 0 Å². The molecule has 0 spiro atoms. The molecule has 0 aliphatic heterocycles. The fourth-order valence-electron chi connectivity index (χ4n) is 0.869. The maximum absolute atomic E-state index is 12.3. The van der Waals surface area contributed by atoms with Crippen LogP contribution in [0.3, 0.4) is 0 Å². The number of hydrogen-bond donors (Lipinski definition) is 2. The van der Waals surface area contributed by atoms with Gasteiger partial charge in [0.05, 0.1) is 6.04 Å². The van der Waals surface area contributed by atoms with Crippen LogP contribution in [0.5, 0.6) is 0 Å². The molecule has 0 bridgehead atoms. The Balaban J connectivity index is 3.30. The first kappa shape index (κ1) is 11.9. The van der Waals surface area contributed by atoms with Crippen LogP contribution in [0.25, 0.3) is 0 Å². The van der Waals surface area contributed by atoms with Crippen molar-refractivity contribution in [1.82, 2.24) is 4.98 Å². The molecule has 0 radical (unpaired) electrons. The number of nitrogens with zero attached hydrogens (tertiary/aromatic N) is 1. The first-order chi connectivity index (χ1) is 6.73. The maximum atomic E-state index is 12.3. The Hall–Kier alpha value is -1.15. The largest absolute Gasteiger partial charge is 0.477 e. The van der Waals surface area contributed by atoms with Crippen LogP contribution in [0.4, 0.5) is 13.2 Å². The van der Waals surface area contributed by atoms with Crippen LogP contribution in [0.1, 0.15) is 33.3 Å². The van der Waals surface area contributed by atoms with Gasteiger partial charge in [-0.3, -0.25) is 0 Å². The standard InChI is InChI=1S/C7H7F3N2O2S/c1-2(11)5-12-4(7(8,9)10)3(15-5)6(13)14/h2H,11H2,1H3,(H,13,14). The molecule has 0 fully saturated rings. The average molecular weight is 240 g/mol. The number of carbonyl (C=O) groups is 1. The van der Waals surface area contributed by atoms with Gasteiger partial charge in [-0.05, 0) is 6.92 Å². The van der Waals surface area contributed by atoms with Crippen molar-refractivity contribution in [3.05, 3.63) is 15.6 Å². The fourth-order valence-corrected chi connectivity index (χ4v) is 1.75. The molecule has 1 atom stereocenters. The number of carboxylic acids is 1. The maximum Gasteiger partial charge on any atom is 0.435 e. The first-order valence-electron chi connectivity index (χ1n) is 3.80. The van der Waals surface area contributed by atoms with Crippen molar-refractivity contribution in [2.24, 2.45) is 5.73 Å². The number of hydrogen-bond acceptors (Lipinski definition) is 4. The van der Waals surface area contributed by atoms with E-state index in [1.165, 1.54) is 6.92 Å². The third-order valence-corrected chi connectivity index (χ3v) is 2.74. The van der Waals surface area contributed by atoms with E-state index in [-0.39, 0.29) is 5.01 Å². The molecule has 0 aromatic carbocycles. The summed E-state index contributed by atoms with van der Waals surface area (Å²) in [5, 5.41) is 8.51. The SMILES string of the molecule is CC(N)c1nc(C(F)(F)F)c(C(=O)O)s1. The van der Waals surface area contributed by atoms with E-state index in [1.807, 2.05) is 0 Å². The van der Waals surface area contributed by atoms with Gasteiger partial charge in [0.2, 0.25) is 0 Å². The number of thiazole rings is 1. The summed E-state index contributed by atoms with van der Waals surface area (Å²) >= 11 is 0.447. The highest BCUT2D eigenvalue weighted by Gasteiger charge is 2.39. The molecule has 0 saturated carbocycles. The number of alkyl halides is 3. The van der Waals surface area contributed by atoms with Gasteiger partial charge in [-0.2, -0.15) is 13.2 Å². The minimum absolute atomic E-state index is 0.0419. The second kappa shape index (κ2) is 3.78. The van der Waals surface area contributed by atoms with Crippen molar-refractivity contribution in [3.8, 4) is 0 Å². The third-order valence-electron chi connectivity index (χ3n) is 1.50. The lowest BCUT2D eigenvalue weighted by Gasteiger charge is -2.02. The van der Waals surface area contributed by atoms with Crippen molar-refractivity contribution in [1.29, 1.82) is 0 Å². The van der Waals surface area contributed by atoms with Crippen LogP contribution in [-0.4, -0.2) is 16.1 Å². The van der Waals surface area contributed by atoms with Crippen molar-refractivity contribution in [2.45, 2.75) is 19.1 Å². The van der Waals surface area contributed by atoms with Crippen molar-refractivity contribution in [3.63, 3.8) is 0 Å². The number of carboxylic acid groups (broad SMARTS) is 1. The van der Waals surface area contributed by atoms with E-state index in [0.29, 0.717) is 11.3 Å². The lowest BCUT2D eigenvalue weighted by Crippen LogP contribution is -2.12. The van der Waals surface area contributed by atoms with Crippen molar-refractivity contribution < 1.29 is 23.1 Å². The summed E-state index contributed by atoms with van der Waals surface area (Å²) in [5.41, 5.74) is 3.94.